The first-order chi connectivity index (χ1) is 6.21. The molecule has 1 aliphatic rings. The zero-order valence-electron chi connectivity index (χ0n) is 9.60. The molecular formula is C11H24OSi. The Bertz CT molecular complexity index is 146. The molecule has 78 valence electrons. The van der Waals surface area contributed by atoms with Crippen molar-refractivity contribution in [2.75, 3.05) is 0 Å². The van der Waals surface area contributed by atoms with Crippen molar-refractivity contribution in [2.45, 2.75) is 64.8 Å². The molecule has 0 radical (unpaired) electrons. The Kier molecular flexibility index (Phi) is 3.99. The van der Waals surface area contributed by atoms with E-state index in [9.17, 15) is 0 Å². The molecule has 0 heterocycles. The smallest absolute Gasteiger partial charge is 0.192 e. The molecule has 0 N–H and O–H groups in total. The molecule has 0 unspecified atom stereocenters. The fraction of sp³-hybridized carbons (Fsp3) is 1.00. The van der Waals surface area contributed by atoms with Crippen LogP contribution >= 0.6 is 0 Å². The van der Waals surface area contributed by atoms with Crippen LogP contribution in [0, 0.1) is 5.92 Å². The Balaban J connectivity index is 2.39. The minimum absolute atomic E-state index is 0.650. The van der Waals surface area contributed by atoms with Gasteiger partial charge in [0.2, 0.25) is 0 Å². The van der Waals surface area contributed by atoms with Crippen LogP contribution in [0.25, 0.3) is 0 Å². The van der Waals surface area contributed by atoms with Crippen LogP contribution in [-0.4, -0.2) is 14.4 Å². The molecule has 0 spiro atoms. The summed E-state index contributed by atoms with van der Waals surface area (Å²) in [5.74, 6) is 0.900. The molecule has 1 fully saturated rings. The van der Waals surface area contributed by atoms with Crippen LogP contribution in [0.15, 0.2) is 0 Å². The molecule has 2 heteroatoms. The van der Waals surface area contributed by atoms with Crippen molar-refractivity contribution in [2.24, 2.45) is 5.92 Å². The van der Waals surface area contributed by atoms with Gasteiger partial charge in [-0.05, 0) is 30.5 Å². The van der Waals surface area contributed by atoms with E-state index >= 15 is 0 Å². The molecule has 0 aromatic carbocycles. The summed E-state index contributed by atoms with van der Waals surface area (Å²) in [4.78, 5) is 0. The lowest BCUT2D eigenvalue weighted by Crippen LogP contribution is -2.36. The van der Waals surface area contributed by atoms with Gasteiger partial charge in [-0.3, -0.25) is 0 Å². The van der Waals surface area contributed by atoms with Crippen LogP contribution in [0.4, 0.5) is 0 Å². The lowest BCUT2D eigenvalue weighted by atomic mass is 10.3. The molecule has 1 saturated carbocycles. The standard InChI is InChI=1S/C11H24OSi/c1-5-10-9-11(10)12-13(6-2,7-3)8-4/h10-11H,5-9H2,1-4H3/t10-,11-/m1/s1. The van der Waals surface area contributed by atoms with E-state index in [1.54, 1.807) is 0 Å². The Morgan fingerprint density at radius 2 is 1.62 bits per heavy atom. The zero-order chi connectivity index (χ0) is 9.90. The fourth-order valence-corrected chi connectivity index (χ4v) is 5.05. The van der Waals surface area contributed by atoms with Crippen molar-refractivity contribution in [3.63, 3.8) is 0 Å². The second kappa shape index (κ2) is 4.60. The second-order valence-corrected chi connectivity index (χ2v) is 9.03. The van der Waals surface area contributed by atoms with Gasteiger partial charge in [0.1, 0.15) is 0 Å². The molecule has 1 nitrogen and oxygen atoms in total. The number of hydrogen-bond acceptors (Lipinski definition) is 1. The average Bonchev–Trinajstić information content (AvgIpc) is 2.93. The van der Waals surface area contributed by atoms with E-state index in [0.29, 0.717) is 6.10 Å². The van der Waals surface area contributed by atoms with E-state index in [1.807, 2.05) is 0 Å². The highest BCUT2D eigenvalue weighted by Crippen LogP contribution is 2.40. The van der Waals surface area contributed by atoms with Crippen molar-refractivity contribution in [1.29, 1.82) is 0 Å². The zero-order valence-corrected chi connectivity index (χ0v) is 10.6. The van der Waals surface area contributed by atoms with E-state index in [1.165, 1.54) is 31.0 Å². The maximum Gasteiger partial charge on any atom is 0.192 e. The first kappa shape index (κ1) is 11.3. The SMILES string of the molecule is CC[C@@H]1C[C@H]1O[Si](CC)(CC)CC. The van der Waals surface area contributed by atoms with Crippen LogP contribution in [-0.2, 0) is 4.43 Å². The van der Waals surface area contributed by atoms with Gasteiger partial charge in [-0.1, -0.05) is 34.1 Å². The second-order valence-electron chi connectivity index (χ2n) is 4.30. The third kappa shape index (κ3) is 2.56. The van der Waals surface area contributed by atoms with Crippen LogP contribution in [0.5, 0.6) is 0 Å². The first-order valence-electron chi connectivity index (χ1n) is 5.89. The molecule has 1 rings (SSSR count). The summed E-state index contributed by atoms with van der Waals surface area (Å²) < 4.78 is 6.34. The Morgan fingerprint density at radius 1 is 1.08 bits per heavy atom. The van der Waals surface area contributed by atoms with Crippen LogP contribution in [0.1, 0.15) is 40.5 Å². The molecule has 0 saturated heterocycles. The quantitative estimate of drug-likeness (QED) is 0.593. The topological polar surface area (TPSA) is 9.23 Å². The summed E-state index contributed by atoms with van der Waals surface area (Å²) in [5.41, 5.74) is 0. The summed E-state index contributed by atoms with van der Waals surface area (Å²) >= 11 is 0. The summed E-state index contributed by atoms with van der Waals surface area (Å²) in [6, 6.07) is 3.90. The van der Waals surface area contributed by atoms with Crippen molar-refractivity contribution < 1.29 is 4.43 Å². The van der Waals surface area contributed by atoms with Crippen LogP contribution < -0.4 is 0 Å². The predicted octanol–water partition coefficient (Wildman–Crippen LogP) is 3.81. The molecule has 13 heavy (non-hydrogen) atoms. The summed E-state index contributed by atoms with van der Waals surface area (Å²) in [6.07, 6.45) is 3.30. The van der Waals surface area contributed by atoms with Crippen molar-refractivity contribution in [3.8, 4) is 0 Å². The molecular weight excluding hydrogens is 176 g/mol. The molecule has 0 aromatic rings. The molecule has 2 atom stereocenters. The van der Waals surface area contributed by atoms with Gasteiger partial charge in [-0.15, -0.1) is 0 Å². The largest absolute Gasteiger partial charge is 0.414 e. The van der Waals surface area contributed by atoms with E-state index in [4.69, 9.17) is 4.43 Å². The Morgan fingerprint density at radius 3 is 1.92 bits per heavy atom. The van der Waals surface area contributed by atoms with Gasteiger partial charge in [0, 0.05) is 6.10 Å². The summed E-state index contributed by atoms with van der Waals surface area (Å²) in [5, 5.41) is 0. The fourth-order valence-electron chi connectivity index (χ4n) is 2.11. The van der Waals surface area contributed by atoms with Crippen molar-refractivity contribution in [3.05, 3.63) is 0 Å². The molecule has 0 aromatic heterocycles. The van der Waals surface area contributed by atoms with E-state index in [-0.39, 0.29) is 0 Å². The van der Waals surface area contributed by atoms with E-state index in [2.05, 4.69) is 27.7 Å². The monoisotopic (exact) mass is 200 g/mol. The number of hydrogen-bond donors (Lipinski definition) is 0. The third-order valence-corrected chi connectivity index (χ3v) is 8.39. The maximum atomic E-state index is 6.34. The molecule has 0 bridgehead atoms. The highest BCUT2D eigenvalue weighted by atomic mass is 28.4. The van der Waals surface area contributed by atoms with E-state index in [0.717, 1.165) is 5.92 Å². The van der Waals surface area contributed by atoms with Gasteiger partial charge in [0.25, 0.3) is 0 Å². The highest BCUT2D eigenvalue weighted by Gasteiger charge is 2.42. The van der Waals surface area contributed by atoms with Gasteiger partial charge >= 0.3 is 0 Å². The van der Waals surface area contributed by atoms with Gasteiger partial charge in [0.15, 0.2) is 8.32 Å². The summed E-state index contributed by atoms with van der Waals surface area (Å²) in [6.45, 7) is 9.20. The molecule has 1 aliphatic carbocycles. The Labute approximate surface area is 84.0 Å². The number of rotatable bonds is 6. The molecule has 0 aliphatic heterocycles. The van der Waals surface area contributed by atoms with Gasteiger partial charge in [0.05, 0.1) is 0 Å². The lowest BCUT2D eigenvalue weighted by molar-refractivity contribution is 0.265. The predicted molar refractivity (Wildman–Crippen MR) is 60.5 cm³/mol. The summed E-state index contributed by atoms with van der Waals surface area (Å²) in [7, 11) is -1.28. The Hall–Kier alpha value is 0.177. The average molecular weight is 200 g/mol. The van der Waals surface area contributed by atoms with Crippen LogP contribution in [0.2, 0.25) is 18.1 Å². The van der Waals surface area contributed by atoms with Crippen LogP contribution in [0.3, 0.4) is 0 Å². The first-order valence-corrected chi connectivity index (χ1v) is 8.42. The van der Waals surface area contributed by atoms with Gasteiger partial charge in [-0.2, -0.15) is 0 Å². The van der Waals surface area contributed by atoms with Crippen molar-refractivity contribution >= 4 is 8.32 Å². The van der Waals surface area contributed by atoms with E-state index < -0.39 is 8.32 Å². The third-order valence-electron chi connectivity index (χ3n) is 3.72. The molecule has 0 amide bonds. The lowest BCUT2D eigenvalue weighted by Gasteiger charge is -2.28. The minimum atomic E-state index is -1.28. The minimum Gasteiger partial charge on any atom is -0.414 e. The highest BCUT2D eigenvalue weighted by molar-refractivity contribution is 6.73. The van der Waals surface area contributed by atoms with Gasteiger partial charge in [-0.25, -0.2) is 0 Å². The van der Waals surface area contributed by atoms with Crippen molar-refractivity contribution in [1.82, 2.24) is 0 Å². The normalized spacial score (nSPS) is 27.7. The maximum absolute atomic E-state index is 6.34. The van der Waals surface area contributed by atoms with Gasteiger partial charge < -0.3 is 4.43 Å².